The lowest BCUT2D eigenvalue weighted by molar-refractivity contribution is -0.137. The fraction of sp³-hybridized carbons (Fsp3) is 0.333. The Balaban J connectivity index is 2.06. The molecule has 1 saturated heterocycles. The van der Waals surface area contributed by atoms with Crippen LogP contribution in [0.4, 0.5) is 17.6 Å². The van der Waals surface area contributed by atoms with E-state index >= 15 is 0 Å². The molecular formula is C18H16F4O4S. The molecule has 146 valence electrons. The van der Waals surface area contributed by atoms with E-state index in [2.05, 4.69) is 0 Å². The van der Waals surface area contributed by atoms with Gasteiger partial charge in [-0.1, -0.05) is 24.3 Å². The molecule has 0 N–H and O–H groups in total. The zero-order valence-corrected chi connectivity index (χ0v) is 15.1. The van der Waals surface area contributed by atoms with Gasteiger partial charge in [-0.15, -0.1) is 0 Å². The highest BCUT2D eigenvalue weighted by molar-refractivity contribution is 7.86. The summed E-state index contributed by atoms with van der Waals surface area (Å²) in [4.78, 5) is 0. The lowest BCUT2D eigenvalue weighted by atomic mass is 9.87. The molecule has 9 heteroatoms. The van der Waals surface area contributed by atoms with Gasteiger partial charge in [0.15, 0.2) is 5.60 Å². The Morgan fingerprint density at radius 2 is 1.78 bits per heavy atom. The van der Waals surface area contributed by atoms with E-state index in [1.54, 1.807) is 0 Å². The first-order chi connectivity index (χ1) is 12.4. The highest BCUT2D eigenvalue weighted by Crippen LogP contribution is 2.60. The summed E-state index contributed by atoms with van der Waals surface area (Å²) in [6, 6.07) is 9.70. The van der Waals surface area contributed by atoms with Crippen LogP contribution in [-0.4, -0.2) is 20.8 Å². The SMILES string of the molecule is C[C@H](OS(C)(=O)=O)[C@]1(c2cccc(C(F)(F)F)c2)O[C@H]1c1ccc(F)cc1. The van der Waals surface area contributed by atoms with E-state index in [9.17, 15) is 26.0 Å². The van der Waals surface area contributed by atoms with E-state index in [0.717, 1.165) is 18.4 Å². The van der Waals surface area contributed by atoms with Crippen LogP contribution in [0.1, 0.15) is 29.7 Å². The molecule has 0 bridgehead atoms. The minimum absolute atomic E-state index is 0.128. The summed E-state index contributed by atoms with van der Waals surface area (Å²) in [6.07, 6.45) is -5.61. The van der Waals surface area contributed by atoms with Gasteiger partial charge in [0, 0.05) is 0 Å². The Kier molecular flexibility index (Phi) is 4.82. The van der Waals surface area contributed by atoms with Crippen molar-refractivity contribution < 1.29 is 34.9 Å². The highest BCUT2D eigenvalue weighted by atomic mass is 32.2. The van der Waals surface area contributed by atoms with E-state index < -0.39 is 45.5 Å². The first-order valence-electron chi connectivity index (χ1n) is 7.93. The zero-order valence-electron chi connectivity index (χ0n) is 14.3. The molecule has 3 atom stereocenters. The van der Waals surface area contributed by atoms with Gasteiger partial charge in [0.25, 0.3) is 10.1 Å². The maximum atomic E-state index is 13.2. The van der Waals surface area contributed by atoms with Crippen LogP contribution in [0.3, 0.4) is 0 Å². The van der Waals surface area contributed by atoms with Gasteiger partial charge in [0.1, 0.15) is 18.0 Å². The van der Waals surface area contributed by atoms with Crippen LogP contribution in [-0.2, 0) is 30.8 Å². The fourth-order valence-corrected chi connectivity index (χ4v) is 3.82. The average Bonchev–Trinajstić information content (AvgIpc) is 3.30. The molecule has 0 unspecified atom stereocenters. The van der Waals surface area contributed by atoms with Crippen LogP contribution in [0.15, 0.2) is 48.5 Å². The molecule has 0 aromatic heterocycles. The number of benzene rings is 2. The fourth-order valence-electron chi connectivity index (χ4n) is 3.15. The molecule has 3 rings (SSSR count). The van der Waals surface area contributed by atoms with Crippen molar-refractivity contribution in [1.29, 1.82) is 0 Å². The Morgan fingerprint density at radius 3 is 2.33 bits per heavy atom. The summed E-state index contributed by atoms with van der Waals surface area (Å²) in [5.41, 5.74) is -1.71. The zero-order chi connectivity index (χ0) is 20.0. The molecule has 1 heterocycles. The summed E-state index contributed by atoms with van der Waals surface area (Å²) in [6.45, 7) is 1.41. The maximum absolute atomic E-state index is 13.2. The summed E-state index contributed by atoms with van der Waals surface area (Å²) < 4.78 is 86.3. The molecule has 1 aliphatic rings. The number of hydrogen-bond donors (Lipinski definition) is 0. The van der Waals surface area contributed by atoms with Crippen molar-refractivity contribution in [2.45, 2.75) is 30.9 Å². The molecule has 1 aliphatic heterocycles. The second kappa shape index (κ2) is 6.57. The van der Waals surface area contributed by atoms with Crippen molar-refractivity contribution >= 4 is 10.1 Å². The van der Waals surface area contributed by atoms with Crippen LogP contribution in [0.2, 0.25) is 0 Å². The molecule has 0 saturated carbocycles. The Hall–Kier alpha value is -1.97. The maximum Gasteiger partial charge on any atom is 0.416 e. The molecule has 2 aromatic carbocycles. The van der Waals surface area contributed by atoms with Crippen LogP contribution >= 0.6 is 0 Å². The molecule has 0 amide bonds. The quantitative estimate of drug-likeness (QED) is 0.426. The molecule has 2 aromatic rings. The number of hydrogen-bond acceptors (Lipinski definition) is 4. The molecule has 0 radical (unpaired) electrons. The van der Waals surface area contributed by atoms with Crippen LogP contribution in [0, 0.1) is 5.82 Å². The normalized spacial score (nSPS) is 23.9. The molecular weight excluding hydrogens is 388 g/mol. The van der Waals surface area contributed by atoms with Gasteiger partial charge < -0.3 is 4.74 Å². The molecule has 1 fully saturated rings. The van der Waals surface area contributed by atoms with E-state index in [1.165, 1.54) is 43.3 Å². The Labute approximate surface area is 153 Å². The summed E-state index contributed by atoms with van der Waals surface area (Å²) >= 11 is 0. The predicted octanol–water partition coefficient (Wildman–Crippen LogP) is 4.18. The van der Waals surface area contributed by atoms with Gasteiger partial charge in [-0.05, 0) is 42.3 Å². The number of rotatable bonds is 5. The van der Waals surface area contributed by atoms with E-state index in [-0.39, 0.29) is 5.56 Å². The summed E-state index contributed by atoms with van der Waals surface area (Å²) in [5.74, 6) is -0.482. The van der Waals surface area contributed by atoms with Crippen molar-refractivity contribution in [2.24, 2.45) is 0 Å². The van der Waals surface area contributed by atoms with E-state index in [1.807, 2.05) is 0 Å². The first kappa shape index (κ1) is 19.8. The standard InChI is InChI=1S/C18H16F4O4S/c1-11(26-27(2,23)24)17(13-4-3-5-14(10-13)18(20,21)22)16(25-17)12-6-8-15(19)9-7-12/h3-11,16H,1-2H3/t11-,16-,17+/m0/s1. The number of epoxide rings is 1. The summed E-state index contributed by atoms with van der Waals surface area (Å²) in [5, 5.41) is 0. The van der Waals surface area contributed by atoms with Gasteiger partial charge in [0.05, 0.1) is 11.8 Å². The van der Waals surface area contributed by atoms with Crippen molar-refractivity contribution in [2.75, 3.05) is 6.26 Å². The topological polar surface area (TPSA) is 55.9 Å². The van der Waals surface area contributed by atoms with Gasteiger partial charge in [0.2, 0.25) is 0 Å². The largest absolute Gasteiger partial charge is 0.416 e. The van der Waals surface area contributed by atoms with Crippen molar-refractivity contribution in [3.63, 3.8) is 0 Å². The number of halogens is 4. The molecule has 0 aliphatic carbocycles. The van der Waals surface area contributed by atoms with Crippen LogP contribution < -0.4 is 0 Å². The van der Waals surface area contributed by atoms with Gasteiger partial charge in [-0.2, -0.15) is 21.6 Å². The highest BCUT2D eigenvalue weighted by Gasteiger charge is 2.63. The smallest absolute Gasteiger partial charge is 0.353 e. The van der Waals surface area contributed by atoms with Gasteiger partial charge >= 0.3 is 6.18 Å². The first-order valence-corrected chi connectivity index (χ1v) is 9.74. The van der Waals surface area contributed by atoms with Crippen molar-refractivity contribution in [1.82, 2.24) is 0 Å². The third-order valence-corrected chi connectivity index (χ3v) is 5.02. The van der Waals surface area contributed by atoms with E-state index in [4.69, 9.17) is 8.92 Å². The number of ether oxygens (including phenoxy) is 1. The van der Waals surface area contributed by atoms with Crippen LogP contribution in [0.5, 0.6) is 0 Å². The lowest BCUT2D eigenvalue weighted by Crippen LogP contribution is -2.31. The van der Waals surface area contributed by atoms with E-state index in [0.29, 0.717) is 5.56 Å². The van der Waals surface area contributed by atoms with Gasteiger partial charge in [-0.25, -0.2) is 4.39 Å². The van der Waals surface area contributed by atoms with Gasteiger partial charge in [-0.3, -0.25) is 4.18 Å². The Morgan fingerprint density at radius 1 is 1.15 bits per heavy atom. The second-order valence-corrected chi connectivity index (χ2v) is 7.96. The minimum atomic E-state index is -4.57. The molecule has 0 spiro atoms. The third-order valence-electron chi connectivity index (χ3n) is 4.38. The minimum Gasteiger partial charge on any atom is -0.353 e. The van der Waals surface area contributed by atoms with Crippen molar-refractivity contribution in [3.8, 4) is 0 Å². The monoisotopic (exact) mass is 404 g/mol. The molecule has 4 nitrogen and oxygen atoms in total. The lowest BCUT2D eigenvalue weighted by Gasteiger charge is -2.22. The van der Waals surface area contributed by atoms with Crippen molar-refractivity contribution in [3.05, 3.63) is 71.0 Å². The second-order valence-electron chi connectivity index (χ2n) is 6.36. The van der Waals surface area contributed by atoms with Crippen LogP contribution in [0.25, 0.3) is 0 Å². The predicted molar refractivity (Wildman–Crippen MR) is 88.7 cm³/mol. The number of alkyl halides is 3. The average molecular weight is 404 g/mol. The third kappa shape index (κ3) is 3.99. The molecule has 27 heavy (non-hydrogen) atoms. The Bertz CT molecular complexity index is 941. The summed E-state index contributed by atoms with van der Waals surface area (Å²) in [7, 11) is -3.89.